The molecule has 0 saturated heterocycles. The fourth-order valence-corrected chi connectivity index (χ4v) is 8.18. The number of benzene rings is 4. The summed E-state index contributed by atoms with van der Waals surface area (Å²) in [5.41, 5.74) is 7.30. The second-order valence-corrected chi connectivity index (χ2v) is 14.7. The first kappa shape index (κ1) is 38.3. The Morgan fingerprint density at radius 3 is 1.24 bits per heavy atom. The molecule has 2 nitrogen and oxygen atoms in total. The Morgan fingerprint density at radius 2 is 0.857 bits per heavy atom. The monoisotopic (exact) mass is 660 g/mol. The van der Waals surface area contributed by atoms with E-state index in [-0.39, 0.29) is 0 Å². The molecule has 4 atom stereocenters. The molecule has 0 aliphatic rings. The van der Waals surface area contributed by atoms with Gasteiger partial charge in [-0.1, -0.05) is 164 Å². The highest BCUT2D eigenvalue weighted by Gasteiger charge is 2.20. The van der Waals surface area contributed by atoms with Crippen molar-refractivity contribution in [3.05, 3.63) is 130 Å². The number of phenolic OH excluding ortho intramolecular Hbond substituents is 2. The molecular weight excluding hydrogens is 597 g/mol. The SMILES string of the molecule is CCCC(CCCCCc1cccc(O)c1Cc1c(O)cccc1CCCCCC(CCC)C(C)c1ccccc1)C(C)c1ccccc1. The topological polar surface area (TPSA) is 40.5 Å². The average molecular weight is 661 g/mol. The van der Waals surface area contributed by atoms with Crippen molar-refractivity contribution >= 4 is 0 Å². The lowest BCUT2D eigenvalue weighted by atomic mass is 9.81. The van der Waals surface area contributed by atoms with Crippen LogP contribution in [0.25, 0.3) is 0 Å². The molecule has 0 aliphatic heterocycles. The summed E-state index contributed by atoms with van der Waals surface area (Å²) in [6.07, 6.45) is 17.2. The number of hydrogen-bond donors (Lipinski definition) is 2. The molecule has 0 bridgehead atoms. The lowest BCUT2D eigenvalue weighted by Crippen LogP contribution is -2.10. The van der Waals surface area contributed by atoms with Gasteiger partial charge in [0.25, 0.3) is 0 Å². The van der Waals surface area contributed by atoms with Gasteiger partial charge < -0.3 is 10.2 Å². The lowest BCUT2D eigenvalue weighted by Gasteiger charge is -2.24. The zero-order valence-corrected chi connectivity index (χ0v) is 31.0. The van der Waals surface area contributed by atoms with Crippen molar-refractivity contribution in [2.75, 3.05) is 0 Å². The van der Waals surface area contributed by atoms with Gasteiger partial charge in [-0.25, -0.2) is 0 Å². The molecule has 0 spiro atoms. The van der Waals surface area contributed by atoms with E-state index in [0.717, 1.165) is 48.6 Å². The van der Waals surface area contributed by atoms with E-state index in [9.17, 15) is 10.2 Å². The van der Waals surface area contributed by atoms with Gasteiger partial charge in [-0.05, 0) is 96.6 Å². The third-order valence-corrected chi connectivity index (χ3v) is 11.3. The predicted octanol–water partition coefficient (Wildman–Crippen LogP) is 13.3. The third-order valence-electron chi connectivity index (χ3n) is 11.3. The fourth-order valence-electron chi connectivity index (χ4n) is 8.18. The van der Waals surface area contributed by atoms with Crippen LogP contribution in [0.3, 0.4) is 0 Å². The van der Waals surface area contributed by atoms with Crippen LogP contribution < -0.4 is 0 Å². The zero-order chi connectivity index (χ0) is 34.8. The number of unbranched alkanes of at least 4 members (excludes halogenated alkanes) is 4. The van der Waals surface area contributed by atoms with Crippen molar-refractivity contribution < 1.29 is 10.2 Å². The summed E-state index contributed by atoms with van der Waals surface area (Å²) in [6, 6.07) is 33.9. The maximum absolute atomic E-state index is 11.0. The molecule has 0 fully saturated rings. The third kappa shape index (κ3) is 11.8. The maximum Gasteiger partial charge on any atom is 0.119 e. The van der Waals surface area contributed by atoms with Gasteiger partial charge in [0, 0.05) is 17.5 Å². The minimum Gasteiger partial charge on any atom is -0.508 e. The van der Waals surface area contributed by atoms with Crippen LogP contribution >= 0.6 is 0 Å². The normalized spacial score (nSPS) is 14.0. The fraction of sp³-hybridized carbons (Fsp3) is 0.489. The van der Waals surface area contributed by atoms with Gasteiger partial charge in [0.1, 0.15) is 11.5 Å². The van der Waals surface area contributed by atoms with Crippen LogP contribution in [-0.4, -0.2) is 10.2 Å². The van der Waals surface area contributed by atoms with Crippen LogP contribution in [0.15, 0.2) is 97.1 Å². The van der Waals surface area contributed by atoms with Crippen LogP contribution in [-0.2, 0) is 19.3 Å². The van der Waals surface area contributed by atoms with Crippen molar-refractivity contribution in [3.8, 4) is 11.5 Å². The highest BCUT2D eigenvalue weighted by Crippen LogP contribution is 2.35. The largest absolute Gasteiger partial charge is 0.508 e. The summed E-state index contributed by atoms with van der Waals surface area (Å²) in [4.78, 5) is 0. The number of aryl methyl sites for hydroxylation is 2. The molecule has 2 heteroatoms. The molecule has 0 aliphatic carbocycles. The van der Waals surface area contributed by atoms with E-state index in [2.05, 4.69) is 100 Å². The van der Waals surface area contributed by atoms with E-state index in [1.807, 2.05) is 24.3 Å². The molecule has 264 valence electrons. The number of aromatic hydroxyl groups is 2. The van der Waals surface area contributed by atoms with Crippen molar-refractivity contribution in [1.29, 1.82) is 0 Å². The zero-order valence-electron chi connectivity index (χ0n) is 31.0. The minimum absolute atomic E-state index is 0.348. The van der Waals surface area contributed by atoms with E-state index in [1.165, 1.54) is 86.5 Å². The number of rotatable bonds is 22. The van der Waals surface area contributed by atoms with Gasteiger partial charge in [-0.2, -0.15) is 0 Å². The molecule has 4 aromatic rings. The highest BCUT2D eigenvalue weighted by molar-refractivity contribution is 5.48. The van der Waals surface area contributed by atoms with E-state index in [0.29, 0.717) is 29.8 Å². The molecule has 4 aromatic carbocycles. The molecule has 4 unspecified atom stereocenters. The summed E-state index contributed by atoms with van der Waals surface area (Å²) in [7, 11) is 0. The van der Waals surface area contributed by atoms with Gasteiger partial charge in [-0.3, -0.25) is 0 Å². The first-order chi connectivity index (χ1) is 23.9. The second-order valence-electron chi connectivity index (χ2n) is 14.7. The van der Waals surface area contributed by atoms with E-state index in [4.69, 9.17) is 0 Å². The molecule has 0 heterocycles. The summed E-state index contributed by atoms with van der Waals surface area (Å²) in [6.45, 7) is 9.42. The number of phenols is 2. The van der Waals surface area contributed by atoms with Crippen LogP contribution in [0.1, 0.15) is 150 Å². The van der Waals surface area contributed by atoms with E-state index in [1.54, 1.807) is 0 Å². The Labute approximate surface area is 299 Å². The van der Waals surface area contributed by atoms with Crippen LogP contribution in [0.5, 0.6) is 11.5 Å². The van der Waals surface area contributed by atoms with Gasteiger partial charge in [0.2, 0.25) is 0 Å². The van der Waals surface area contributed by atoms with Gasteiger partial charge in [0.15, 0.2) is 0 Å². The first-order valence-corrected chi connectivity index (χ1v) is 19.6. The second kappa shape index (κ2) is 20.9. The molecule has 0 aromatic heterocycles. The molecule has 0 radical (unpaired) electrons. The summed E-state index contributed by atoms with van der Waals surface area (Å²) in [5, 5.41) is 22.1. The summed E-state index contributed by atoms with van der Waals surface area (Å²) in [5.74, 6) is 3.32. The molecule has 2 N–H and O–H groups in total. The van der Waals surface area contributed by atoms with E-state index < -0.39 is 0 Å². The van der Waals surface area contributed by atoms with Crippen molar-refractivity contribution in [2.24, 2.45) is 11.8 Å². The van der Waals surface area contributed by atoms with Crippen molar-refractivity contribution in [1.82, 2.24) is 0 Å². The summed E-state index contributed by atoms with van der Waals surface area (Å²) < 4.78 is 0. The highest BCUT2D eigenvalue weighted by atomic mass is 16.3. The Kier molecular flexibility index (Phi) is 16.3. The lowest BCUT2D eigenvalue weighted by molar-refractivity contribution is 0.367. The quantitative estimate of drug-likeness (QED) is 0.0824. The van der Waals surface area contributed by atoms with Crippen LogP contribution in [0, 0.1) is 11.8 Å². The molecule has 49 heavy (non-hydrogen) atoms. The Morgan fingerprint density at radius 1 is 0.449 bits per heavy atom. The molecule has 4 rings (SSSR count). The Hall–Kier alpha value is -3.52. The van der Waals surface area contributed by atoms with Crippen molar-refractivity contribution in [3.63, 3.8) is 0 Å². The molecular formula is C47H64O2. The maximum atomic E-state index is 11.0. The van der Waals surface area contributed by atoms with Gasteiger partial charge in [-0.15, -0.1) is 0 Å². The minimum atomic E-state index is 0.348. The summed E-state index contributed by atoms with van der Waals surface area (Å²) >= 11 is 0. The van der Waals surface area contributed by atoms with Crippen LogP contribution in [0.2, 0.25) is 0 Å². The first-order valence-electron chi connectivity index (χ1n) is 19.6. The average Bonchev–Trinajstić information content (AvgIpc) is 3.12. The molecule has 0 saturated carbocycles. The standard InChI is InChI=1S/C47H64O2/c1-5-21-38(36(3)40-25-13-7-14-26-40)23-11-9-17-29-42-31-19-33-46(48)44(42)35-45-43(32-20-34-47(45)49)30-18-10-12-24-39(22-6-2)37(4)41-27-15-8-16-28-41/h7-8,13-16,19-20,25-28,31-34,36-39,48-49H,5-6,9-12,17-18,21-24,29-30,35H2,1-4H3. The van der Waals surface area contributed by atoms with Crippen LogP contribution in [0.4, 0.5) is 0 Å². The smallest absolute Gasteiger partial charge is 0.119 e. The van der Waals surface area contributed by atoms with Gasteiger partial charge >= 0.3 is 0 Å². The van der Waals surface area contributed by atoms with Gasteiger partial charge in [0.05, 0.1) is 0 Å². The van der Waals surface area contributed by atoms with E-state index >= 15 is 0 Å². The van der Waals surface area contributed by atoms with Crippen molar-refractivity contribution in [2.45, 2.75) is 136 Å². The Bertz CT molecular complexity index is 1360. The Balaban J connectivity index is 1.30. The predicted molar refractivity (Wildman–Crippen MR) is 210 cm³/mol. The number of hydrogen-bond acceptors (Lipinski definition) is 2. The molecule has 0 amide bonds.